The molecular weight excluding hydrogens is 171 g/mol. The van der Waals surface area contributed by atoms with Crippen molar-refractivity contribution in [3.63, 3.8) is 0 Å². The zero-order valence-electron chi connectivity index (χ0n) is 7.02. The first-order chi connectivity index (χ1) is 6.19. The summed E-state index contributed by atoms with van der Waals surface area (Å²) >= 11 is 0. The Balaban J connectivity index is 3.11. The third-order valence-electron chi connectivity index (χ3n) is 1.57. The van der Waals surface area contributed by atoms with Crippen molar-refractivity contribution >= 4 is 18.9 Å². The normalized spacial score (nSPS) is 9.38. The van der Waals surface area contributed by atoms with Crippen LogP contribution in [0.5, 0.6) is 5.75 Å². The molecule has 0 spiro atoms. The minimum absolute atomic E-state index is 0.0327. The number of carbonyl (C=O) groups is 1. The number of hydrogen-bond donors (Lipinski definition) is 2. The van der Waals surface area contributed by atoms with Gasteiger partial charge >= 0.3 is 13.5 Å². The third kappa shape index (κ3) is 2.00. The van der Waals surface area contributed by atoms with Crippen molar-refractivity contribution in [2.24, 2.45) is 0 Å². The number of aromatic hydroxyl groups is 1. The van der Waals surface area contributed by atoms with Crippen LogP contribution in [0.25, 0.3) is 0 Å². The van der Waals surface area contributed by atoms with E-state index in [-0.39, 0.29) is 11.3 Å². The van der Waals surface area contributed by atoms with Gasteiger partial charge in [-0.1, -0.05) is 11.5 Å². The van der Waals surface area contributed by atoms with Gasteiger partial charge in [0.15, 0.2) is 0 Å². The fourth-order valence-corrected chi connectivity index (χ4v) is 0.907. The predicted octanol–water partition coefficient (Wildman–Crippen LogP) is -0.584. The third-order valence-corrected chi connectivity index (χ3v) is 1.57. The van der Waals surface area contributed by atoms with E-state index in [1.807, 2.05) is 0 Å². The van der Waals surface area contributed by atoms with Crippen LogP contribution in [0.3, 0.4) is 0 Å². The van der Waals surface area contributed by atoms with E-state index >= 15 is 0 Å². The fraction of sp³-hybridized carbons (Fsp3) is 0.125. The molecule has 4 nitrogen and oxygen atoms in total. The minimum Gasteiger partial charge on any atom is -0.507 e. The molecule has 67 valence electrons. The lowest BCUT2D eigenvalue weighted by Crippen LogP contribution is -2.15. The molecule has 1 radical (unpaired) electrons. The summed E-state index contributed by atoms with van der Waals surface area (Å²) in [6.07, 6.45) is 0. The number of methoxy groups -OCH3 is 1. The summed E-state index contributed by atoms with van der Waals surface area (Å²) in [6, 6.07) is 4.12. The van der Waals surface area contributed by atoms with Crippen LogP contribution in [0.4, 0.5) is 0 Å². The van der Waals surface area contributed by atoms with Gasteiger partial charge in [-0.2, -0.15) is 0 Å². The lowest BCUT2D eigenvalue weighted by atomic mass is 9.87. The Labute approximate surface area is 76.0 Å². The summed E-state index contributed by atoms with van der Waals surface area (Å²) in [4.78, 5) is 11.0. The smallest absolute Gasteiger partial charge is 0.341 e. The van der Waals surface area contributed by atoms with Crippen molar-refractivity contribution in [1.29, 1.82) is 0 Å². The fourth-order valence-electron chi connectivity index (χ4n) is 0.907. The molecule has 0 aromatic heterocycles. The molecule has 0 unspecified atom stereocenters. The van der Waals surface area contributed by atoms with Gasteiger partial charge in [-0.25, -0.2) is 4.79 Å². The number of phenolic OH excluding ortho intramolecular Hbond substituents is 1. The van der Waals surface area contributed by atoms with E-state index in [1.54, 1.807) is 0 Å². The topological polar surface area (TPSA) is 66.8 Å². The number of ether oxygens (including phenoxy) is 1. The van der Waals surface area contributed by atoms with Crippen LogP contribution in [-0.2, 0) is 4.74 Å². The molecule has 1 rings (SSSR count). The number of carbonyl (C=O) groups excluding carboxylic acids is 1. The van der Waals surface area contributed by atoms with Gasteiger partial charge in [0, 0.05) is 0 Å². The highest BCUT2D eigenvalue weighted by Gasteiger charge is 2.11. The molecule has 0 saturated heterocycles. The average molecular weight is 179 g/mol. The van der Waals surface area contributed by atoms with E-state index in [0.29, 0.717) is 5.46 Å². The van der Waals surface area contributed by atoms with Gasteiger partial charge in [0.1, 0.15) is 11.3 Å². The largest absolute Gasteiger partial charge is 0.507 e. The first-order valence-electron chi connectivity index (χ1n) is 3.58. The second kappa shape index (κ2) is 3.95. The molecule has 0 fully saturated rings. The highest BCUT2D eigenvalue weighted by molar-refractivity contribution is 6.45. The molecule has 0 saturated carbocycles. The maximum Gasteiger partial charge on any atom is 0.341 e. The Kier molecular flexibility index (Phi) is 2.92. The molecular formula is C8H8BO4. The Morgan fingerprint density at radius 1 is 1.54 bits per heavy atom. The van der Waals surface area contributed by atoms with Gasteiger partial charge in [0.2, 0.25) is 0 Å². The van der Waals surface area contributed by atoms with Gasteiger partial charge < -0.3 is 14.9 Å². The highest BCUT2D eigenvalue weighted by Crippen LogP contribution is 2.14. The molecule has 1 aromatic carbocycles. The maximum absolute atomic E-state index is 11.0. The summed E-state index contributed by atoms with van der Waals surface area (Å²) in [6.45, 7) is 0. The highest BCUT2D eigenvalue weighted by atomic mass is 16.5. The SMILES string of the molecule is COC(=O)c1cc([B]O)ccc1O. The molecule has 0 bridgehead atoms. The number of rotatable bonds is 2. The number of phenols is 1. The molecule has 0 aliphatic rings. The second-order valence-electron chi connectivity index (χ2n) is 2.40. The van der Waals surface area contributed by atoms with E-state index in [0.717, 1.165) is 7.48 Å². The van der Waals surface area contributed by atoms with Crippen molar-refractivity contribution in [3.05, 3.63) is 23.8 Å². The molecule has 5 heteroatoms. The number of esters is 1. The van der Waals surface area contributed by atoms with Crippen LogP contribution < -0.4 is 5.46 Å². The number of benzene rings is 1. The maximum atomic E-state index is 11.0. The Morgan fingerprint density at radius 3 is 2.77 bits per heavy atom. The van der Waals surface area contributed by atoms with E-state index in [9.17, 15) is 9.90 Å². The molecule has 0 aliphatic carbocycles. The van der Waals surface area contributed by atoms with Crippen molar-refractivity contribution in [3.8, 4) is 5.75 Å². The molecule has 2 N–H and O–H groups in total. The molecule has 0 heterocycles. The van der Waals surface area contributed by atoms with Crippen LogP contribution in [0.2, 0.25) is 0 Å². The summed E-state index contributed by atoms with van der Waals surface area (Å²) in [7, 11) is 2.06. The van der Waals surface area contributed by atoms with Gasteiger partial charge in [0.05, 0.1) is 7.11 Å². The quantitative estimate of drug-likeness (QED) is 0.470. The van der Waals surface area contributed by atoms with Gasteiger partial charge in [-0.05, 0) is 12.1 Å². The zero-order chi connectivity index (χ0) is 9.84. The summed E-state index contributed by atoms with van der Waals surface area (Å²) in [5.74, 6) is -0.807. The first-order valence-corrected chi connectivity index (χ1v) is 3.58. The van der Waals surface area contributed by atoms with Crippen molar-refractivity contribution < 1.29 is 19.7 Å². The second-order valence-corrected chi connectivity index (χ2v) is 2.40. The van der Waals surface area contributed by atoms with Crippen molar-refractivity contribution in [2.45, 2.75) is 0 Å². The van der Waals surface area contributed by atoms with Crippen LogP contribution in [-0.4, -0.2) is 30.7 Å². The molecule has 0 amide bonds. The van der Waals surface area contributed by atoms with E-state index in [1.165, 1.54) is 25.3 Å². The summed E-state index contributed by atoms with van der Waals surface area (Å²) < 4.78 is 4.42. The molecule has 0 aliphatic heterocycles. The van der Waals surface area contributed by atoms with Gasteiger partial charge in [-0.15, -0.1) is 0 Å². The molecule has 0 atom stereocenters. The Bertz CT molecular complexity index is 324. The van der Waals surface area contributed by atoms with Gasteiger partial charge in [-0.3, -0.25) is 0 Å². The standard InChI is InChI=1S/C8H8BO4/c1-13-8(11)6-4-5(9-12)2-3-7(6)10/h2-4,10,12H,1H3. The van der Waals surface area contributed by atoms with Crippen LogP contribution >= 0.6 is 0 Å². The van der Waals surface area contributed by atoms with E-state index in [2.05, 4.69) is 4.74 Å². The van der Waals surface area contributed by atoms with Crippen molar-refractivity contribution in [1.82, 2.24) is 0 Å². The Hall–Kier alpha value is -1.49. The monoisotopic (exact) mass is 179 g/mol. The predicted molar refractivity (Wildman–Crippen MR) is 47.1 cm³/mol. The van der Waals surface area contributed by atoms with Crippen LogP contribution in [0.1, 0.15) is 10.4 Å². The van der Waals surface area contributed by atoms with Crippen molar-refractivity contribution in [2.75, 3.05) is 7.11 Å². The summed E-state index contributed by atoms with van der Waals surface area (Å²) in [5, 5.41) is 17.9. The lowest BCUT2D eigenvalue weighted by Gasteiger charge is -2.03. The van der Waals surface area contributed by atoms with E-state index in [4.69, 9.17) is 5.02 Å². The Morgan fingerprint density at radius 2 is 2.23 bits per heavy atom. The molecule has 1 aromatic rings. The van der Waals surface area contributed by atoms with Crippen LogP contribution in [0, 0.1) is 0 Å². The minimum atomic E-state index is -0.638. The van der Waals surface area contributed by atoms with Crippen LogP contribution in [0.15, 0.2) is 18.2 Å². The first kappa shape index (κ1) is 9.60. The number of hydrogen-bond acceptors (Lipinski definition) is 4. The summed E-state index contributed by atoms with van der Waals surface area (Å²) in [5.41, 5.74) is 0.462. The average Bonchev–Trinajstić information content (AvgIpc) is 2.17. The lowest BCUT2D eigenvalue weighted by molar-refractivity contribution is 0.0597. The molecule has 13 heavy (non-hydrogen) atoms. The van der Waals surface area contributed by atoms with Gasteiger partial charge in [0.25, 0.3) is 0 Å². The zero-order valence-corrected chi connectivity index (χ0v) is 7.02. The van der Waals surface area contributed by atoms with E-state index < -0.39 is 5.97 Å².